The quantitative estimate of drug-likeness (QED) is 0.341. The molecule has 0 bridgehead atoms. The van der Waals surface area contributed by atoms with Crippen molar-refractivity contribution in [3.8, 4) is 11.1 Å². The molecule has 0 amide bonds. The fourth-order valence-electron chi connectivity index (χ4n) is 3.33. The van der Waals surface area contributed by atoms with Gasteiger partial charge in [-0.1, -0.05) is 125 Å². The number of benzene rings is 4. The summed E-state index contributed by atoms with van der Waals surface area (Å²) in [6.45, 7) is 8.39. The van der Waals surface area contributed by atoms with Crippen molar-refractivity contribution in [1.29, 1.82) is 0 Å². The number of rotatable bonds is 3. The first-order valence-corrected chi connectivity index (χ1v) is 10.4. The van der Waals surface area contributed by atoms with Crippen molar-refractivity contribution in [3.05, 3.63) is 108 Å². The van der Waals surface area contributed by atoms with Gasteiger partial charge in [-0.25, -0.2) is 0 Å². The molecule has 28 heavy (non-hydrogen) atoms. The molecule has 0 radical (unpaired) electrons. The number of aryl methyl sites for hydroxylation is 2. The maximum absolute atomic E-state index is 2.20. The van der Waals surface area contributed by atoms with Crippen LogP contribution in [0.4, 0.5) is 0 Å². The highest BCUT2D eigenvalue weighted by atomic mass is 14.1. The van der Waals surface area contributed by atoms with Gasteiger partial charge in [-0.3, -0.25) is 0 Å². The summed E-state index contributed by atoms with van der Waals surface area (Å²) >= 11 is 0. The highest BCUT2D eigenvalue weighted by molar-refractivity contribution is 5.85. The summed E-state index contributed by atoms with van der Waals surface area (Å²) in [5, 5.41) is 2.74. The second-order valence-electron chi connectivity index (χ2n) is 6.37. The standard InChI is InChI=1S/C14H14.C12H12.C2H6/c1-2-12-8-6-7-11-14(12)13-9-4-3-5-10-13;1-2-10-7-5-8-11-6-3-4-9-12(10)11;1-2/h3-11H,2H2,1H3;3-9H,2H2,1H3;1-2H3. The Balaban J connectivity index is 0.000000186. The van der Waals surface area contributed by atoms with E-state index in [1.807, 2.05) is 13.8 Å². The predicted octanol–water partition coefficient (Wildman–Crippen LogP) is 8.34. The minimum Gasteiger partial charge on any atom is -0.0683 e. The molecule has 4 aromatic rings. The minimum atomic E-state index is 1.09. The van der Waals surface area contributed by atoms with Crippen LogP contribution in [0.25, 0.3) is 21.9 Å². The van der Waals surface area contributed by atoms with E-state index in [0.29, 0.717) is 0 Å². The summed E-state index contributed by atoms with van der Waals surface area (Å²) in [6, 6.07) is 34.2. The van der Waals surface area contributed by atoms with E-state index >= 15 is 0 Å². The molecule has 0 aromatic heterocycles. The van der Waals surface area contributed by atoms with Gasteiger partial charge in [0.2, 0.25) is 0 Å². The molecule has 0 aliphatic rings. The van der Waals surface area contributed by atoms with Gasteiger partial charge in [0.25, 0.3) is 0 Å². The number of hydrogen-bond donors (Lipinski definition) is 0. The molecule has 0 aliphatic carbocycles. The Labute approximate surface area is 170 Å². The first-order chi connectivity index (χ1) is 13.8. The molecule has 0 heteroatoms. The van der Waals surface area contributed by atoms with E-state index in [9.17, 15) is 0 Å². The Morgan fingerprint density at radius 2 is 1.04 bits per heavy atom. The molecule has 0 saturated carbocycles. The van der Waals surface area contributed by atoms with E-state index < -0.39 is 0 Å². The molecule has 0 fully saturated rings. The van der Waals surface area contributed by atoms with Crippen LogP contribution in [-0.4, -0.2) is 0 Å². The molecular weight excluding hydrogens is 336 g/mol. The summed E-state index contributed by atoms with van der Waals surface area (Å²) in [5.74, 6) is 0. The Morgan fingerprint density at radius 3 is 1.75 bits per heavy atom. The van der Waals surface area contributed by atoms with Crippen LogP contribution in [0.5, 0.6) is 0 Å². The van der Waals surface area contributed by atoms with E-state index in [4.69, 9.17) is 0 Å². The Kier molecular flexibility index (Phi) is 9.01. The largest absolute Gasteiger partial charge is 0.0683 e. The van der Waals surface area contributed by atoms with Crippen molar-refractivity contribution in [2.75, 3.05) is 0 Å². The minimum absolute atomic E-state index is 1.09. The summed E-state index contributed by atoms with van der Waals surface area (Å²) in [4.78, 5) is 0. The van der Waals surface area contributed by atoms with Crippen LogP contribution in [0.15, 0.2) is 97.1 Å². The van der Waals surface area contributed by atoms with Crippen LogP contribution in [0.1, 0.15) is 38.8 Å². The number of hydrogen-bond acceptors (Lipinski definition) is 0. The lowest BCUT2D eigenvalue weighted by Crippen LogP contribution is -1.85. The van der Waals surface area contributed by atoms with Crippen molar-refractivity contribution in [2.45, 2.75) is 40.5 Å². The van der Waals surface area contributed by atoms with Crippen molar-refractivity contribution in [3.63, 3.8) is 0 Å². The van der Waals surface area contributed by atoms with Gasteiger partial charge in [0.15, 0.2) is 0 Å². The Hall–Kier alpha value is -2.86. The van der Waals surface area contributed by atoms with Gasteiger partial charge in [0.05, 0.1) is 0 Å². The fourth-order valence-corrected chi connectivity index (χ4v) is 3.33. The van der Waals surface area contributed by atoms with Gasteiger partial charge in [0.1, 0.15) is 0 Å². The second-order valence-corrected chi connectivity index (χ2v) is 6.37. The molecule has 0 unspecified atom stereocenters. The van der Waals surface area contributed by atoms with Crippen molar-refractivity contribution in [1.82, 2.24) is 0 Å². The average molecular weight is 369 g/mol. The molecule has 144 valence electrons. The SMILES string of the molecule is CC.CCc1cccc2ccccc12.CCc1ccccc1-c1ccccc1. The first-order valence-electron chi connectivity index (χ1n) is 10.4. The van der Waals surface area contributed by atoms with Gasteiger partial charge in [0, 0.05) is 0 Å². The summed E-state index contributed by atoms with van der Waals surface area (Å²) in [6.07, 6.45) is 2.20. The predicted molar refractivity (Wildman–Crippen MR) is 126 cm³/mol. The smallest absolute Gasteiger partial charge is 0.0152 e. The van der Waals surface area contributed by atoms with Crippen LogP contribution < -0.4 is 0 Å². The van der Waals surface area contributed by atoms with Crippen molar-refractivity contribution in [2.24, 2.45) is 0 Å². The van der Waals surface area contributed by atoms with Gasteiger partial charge < -0.3 is 0 Å². The molecule has 0 nitrogen and oxygen atoms in total. The van der Waals surface area contributed by atoms with Crippen molar-refractivity contribution < 1.29 is 0 Å². The van der Waals surface area contributed by atoms with E-state index in [1.165, 1.54) is 33.0 Å². The zero-order valence-corrected chi connectivity index (χ0v) is 17.7. The molecule has 4 rings (SSSR count). The third kappa shape index (κ3) is 5.57. The molecule has 0 spiro atoms. The lowest BCUT2D eigenvalue weighted by Gasteiger charge is -2.06. The summed E-state index contributed by atoms with van der Waals surface area (Å²) < 4.78 is 0. The summed E-state index contributed by atoms with van der Waals surface area (Å²) in [7, 11) is 0. The second kappa shape index (κ2) is 11.8. The van der Waals surface area contributed by atoms with Crippen LogP contribution >= 0.6 is 0 Å². The van der Waals surface area contributed by atoms with Gasteiger partial charge in [-0.2, -0.15) is 0 Å². The zero-order chi connectivity index (χ0) is 20.2. The maximum Gasteiger partial charge on any atom is -0.0152 e. The van der Waals surface area contributed by atoms with Gasteiger partial charge in [-0.05, 0) is 45.9 Å². The molecule has 0 atom stereocenters. The van der Waals surface area contributed by atoms with Gasteiger partial charge in [-0.15, -0.1) is 0 Å². The summed E-state index contributed by atoms with van der Waals surface area (Å²) in [5.41, 5.74) is 5.52. The topological polar surface area (TPSA) is 0 Å². The van der Waals surface area contributed by atoms with Crippen LogP contribution in [-0.2, 0) is 12.8 Å². The normalized spacial score (nSPS) is 9.71. The molecular formula is C28H32. The molecule has 0 heterocycles. The van der Waals surface area contributed by atoms with E-state index in [1.54, 1.807) is 0 Å². The fraction of sp³-hybridized carbons (Fsp3) is 0.214. The zero-order valence-electron chi connectivity index (χ0n) is 17.7. The highest BCUT2D eigenvalue weighted by Crippen LogP contribution is 2.23. The molecule has 4 aromatic carbocycles. The third-order valence-corrected chi connectivity index (χ3v) is 4.74. The van der Waals surface area contributed by atoms with Crippen LogP contribution in [0, 0.1) is 0 Å². The molecule has 0 N–H and O–H groups in total. The number of fused-ring (bicyclic) bond motifs is 1. The Bertz CT molecular complexity index is 946. The average Bonchev–Trinajstić information content (AvgIpc) is 2.81. The molecule has 0 aliphatic heterocycles. The monoisotopic (exact) mass is 368 g/mol. The highest BCUT2D eigenvalue weighted by Gasteiger charge is 2.00. The first kappa shape index (κ1) is 21.4. The maximum atomic E-state index is 2.20. The van der Waals surface area contributed by atoms with Crippen LogP contribution in [0.3, 0.4) is 0 Å². The van der Waals surface area contributed by atoms with E-state index in [0.717, 1.165) is 12.8 Å². The van der Waals surface area contributed by atoms with E-state index in [-0.39, 0.29) is 0 Å². The Morgan fingerprint density at radius 1 is 0.500 bits per heavy atom. The van der Waals surface area contributed by atoms with Gasteiger partial charge >= 0.3 is 0 Å². The van der Waals surface area contributed by atoms with Crippen LogP contribution in [0.2, 0.25) is 0 Å². The lowest BCUT2D eigenvalue weighted by molar-refractivity contribution is 1.14. The lowest BCUT2D eigenvalue weighted by atomic mass is 9.98. The third-order valence-electron chi connectivity index (χ3n) is 4.74. The van der Waals surface area contributed by atoms with E-state index in [2.05, 4.69) is 111 Å². The van der Waals surface area contributed by atoms with Crippen molar-refractivity contribution >= 4 is 10.8 Å². The molecule has 0 saturated heterocycles.